The molecule has 0 aliphatic carbocycles. The van der Waals surface area contributed by atoms with Gasteiger partial charge < -0.3 is 0 Å². The molecular formula is C26H52O. The molecule has 0 N–H and O–H groups in total. The quantitative estimate of drug-likeness (QED) is 0.192. The average molecular weight is 381 g/mol. The normalized spacial score (nSPS) is 12.9. The highest BCUT2D eigenvalue weighted by Crippen LogP contribution is 2.23. The van der Waals surface area contributed by atoms with E-state index in [1.807, 2.05) is 0 Å². The minimum Gasteiger partial charge on any atom is -0.299 e. The molecule has 0 amide bonds. The maximum absolute atomic E-state index is 12.6. The monoisotopic (exact) mass is 380 g/mol. The summed E-state index contributed by atoms with van der Waals surface area (Å²) < 4.78 is 0. The highest BCUT2D eigenvalue weighted by Gasteiger charge is 2.18. The Balaban J connectivity index is 3.75. The molecule has 0 heterocycles. The van der Waals surface area contributed by atoms with E-state index in [-0.39, 0.29) is 0 Å². The van der Waals surface area contributed by atoms with E-state index in [1.165, 1.54) is 83.5 Å². The molecule has 0 aliphatic heterocycles. The van der Waals surface area contributed by atoms with Crippen LogP contribution in [-0.4, -0.2) is 5.78 Å². The molecule has 0 rings (SSSR count). The van der Waals surface area contributed by atoms with Crippen LogP contribution in [0.3, 0.4) is 0 Å². The maximum atomic E-state index is 12.6. The molecule has 1 heteroatoms. The molecule has 0 bridgehead atoms. The molecule has 0 aromatic rings. The van der Waals surface area contributed by atoms with Crippen molar-refractivity contribution in [3.8, 4) is 0 Å². The molecule has 0 aliphatic rings. The molecule has 0 spiro atoms. The number of Topliss-reactive ketones (excluding diaryl/α,β-unsaturated/α-hetero) is 1. The van der Waals surface area contributed by atoms with Gasteiger partial charge in [0, 0.05) is 12.3 Å². The minimum absolute atomic E-state index is 0.342. The van der Waals surface area contributed by atoms with E-state index >= 15 is 0 Å². The van der Waals surface area contributed by atoms with Crippen molar-refractivity contribution in [3.63, 3.8) is 0 Å². The van der Waals surface area contributed by atoms with E-state index < -0.39 is 0 Å². The van der Waals surface area contributed by atoms with Crippen LogP contribution in [0, 0.1) is 17.8 Å². The first-order valence-electron chi connectivity index (χ1n) is 12.5. The van der Waals surface area contributed by atoms with Crippen molar-refractivity contribution < 1.29 is 4.79 Å². The van der Waals surface area contributed by atoms with Gasteiger partial charge in [0.2, 0.25) is 0 Å². The average Bonchev–Trinajstić information content (AvgIpc) is 2.62. The molecule has 0 aromatic heterocycles. The Bertz CT molecular complexity index is 318. The zero-order valence-electron chi connectivity index (χ0n) is 19.7. The second-order valence-electron chi connectivity index (χ2n) is 9.74. The highest BCUT2D eigenvalue weighted by molar-refractivity contribution is 5.80. The van der Waals surface area contributed by atoms with Crippen LogP contribution in [0.15, 0.2) is 0 Å². The summed E-state index contributed by atoms with van der Waals surface area (Å²) in [4.78, 5) is 12.6. The molecule has 0 radical (unpaired) electrons. The Morgan fingerprint density at radius 3 is 1.44 bits per heavy atom. The van der Waals surface area contributed by atoms with Crippen LogP contribution in [0.1, 0.15) is 144 Å². The minimum atomic E-state index is 0.342. The Labute approximate surface area is 172 Å². The predicted octanol–water partition coefficient (Wildman–Crippen LogP) is 9.14. The Morgan fingerprint density at radius 1 is 0.556 bits per heavy atom. The third-order valence-electron chi connectivity index (χ3n) is 5.92. The number of ketones is 1. The predicted molar refractivity (Wildman–Crippen MR) is 122 cm³/mol. The number of carbonyl (C=O) groups is 1. The smallest absolute Gasteiger partial charge is 0.135 e. The molecule has 0 fully saturated rings. The highest BCUT2D eigenvalue weighted by atomic mass is 16.1. The van der Waals surface area contributed by atoms with Gasteiger partial charge in [-0.05, 0) is 31.1 Å². The summed E-state index contributed by atoms with van der Waals surface area (Å²) in [5.74, 6) is 2.25. The Morgan fingerprint density at radius 2 is 1.00 bits per heavy atom. The first kappa shape index (κ1) is 26.7. The fourth-order valence-electron chi connectivity index (χ4n) is 3.87. The fraction of sp³-hybridized carbons (Fsp3) is 0.962. The van der Waals surface area contributed by atoms with Crippen LogP contribution in [0.2, 0.25) is 0 Å². The van der Waals surface area contributed by atoms with E-state index in [0.29, 0.717) is 23.5 Å². The van der Waals surface area contributed by atoms with E-state index in [2.05, 4.69) is 34.6 Å². The van der Waals surface area contributed by atoms with Gasteiger partial charge in [0.25, 0.3) is 0 Å². The summed E-state index contributed by atoms with van der Waals surface area (Å²) in [5, 5.41) is 0. The third kappa shape index (κ3) is 18.8. The van der Waals surface area contributed by atoms with Crippen LogP contribution >= 0.6 is 0 Å². The number of hydrogen-bond acceptors (Lipinski definition) is 1. The molecule has 0 saturated heterocycles. The van der Waals surface area contributed by atoms with Gasteiger partial charge in [0.05, 0.1) is 0 Å². The second-order valence-corrected chi connectivity index (χ2v) is 9.74. The van der Waals surface area contributed by atoms with Crippen LogP contribution in [0.4, 0.5) is 0 Å². The number of carbonyl (C=O) groups excluding carboxylic acids is 1. The summed E-state index contributed by atoms with van der Waals surface area (Å²) in [6, 6.07) is 0. The van der Waals surface area contributed by atoms with Crippen molar-refractivity contribution in [3.05, 3.63) is 0 Å². The third-order valence-corrected chi connectivity index (χ3v) is 5.92. The molecule has 0 aromatic carbocycles. The van der Waals surface area contributed by atoms with Crippen LogP contribution < -0.4 is 0 Å². The summed E-state index contributed by atoms with van der Waals surface area (Å²) >= 11 is 0. The lowest BCUT2D eigenvalue weighted by Gasteiger charge is -2.17. The zero-order chi connectivity index (χ0) is 20.3. The van der Waals surface area contributed by atoms with Crippen molar-refractivity contribution in [1.82, 2.24) is 0 Å². The first-order valence-corrected chi connectivity index (χ1v) is 12.5. The summed E-state index contributed by atoms with van der Waals surface area (Å²) in [6.07, 6.45) is 22.0. The topological polar surface area (TPSA) is 17.1 Å². The lowest BCUT2D eigenvalue weighted by atomic mass is 9.87. The van der Waals surface area contributed by atoms with Gasteiger partial charge in [-0.1, -0.05) is 118 Å². The van der Waals surface area contributed by atoms with Crippen molar-refractivity contribution >= 4 is 5.78 Å². The van der Waals surface area contributed by atoms with Crippen molar-refractivity contribution in [1.29, 1.82) is 0 Å². The lowest BCUT2D eigenvalue weighted by Crippen LogP contribution is -2.16. The van der Waals surface area contributed by atoms with Crippen molar-refractivity contribution in [2.24, 2.45) is 17.8 Å². The van der Waals surface area contributed by atoms with Gasteiger partial charge in [-0.2, -0.15) is 0 Å². The summed E-state index contributed by atoms with van der Waals surface area (Å²) in [7, 11) is 0. The fourth-order valence-corrected chi connectivity index (χ4v) is 3.87. The number of rotatable bonds is 20. The van der Waals surface area contributed by atoms with Crippen LogP contribution in [-0.2, 0) is 4.79 Å². The van der Waals surface area contributed by atoms with Gasteiger partial charge in [-0.25, -0.2) is 0 Å². The Kier molecular flexibility index (Phi) is 18.8. The van der Waals surface area contributed by atoms with Crippen molar-refractivity contribution in [2.45, 2.75) is 144 Å². The van der Waals surface area contributed by atoms with E-state index in [1.54, 1.807) is 0 Å². The van der Waals surface area contributed by atoms with Gasteiger partial charge in [-0.15, -0.1) is 0 Å². The second kappa shape index (κ2) is 19.0. The van der Waals surface area contributed by atoms with E-state index in [0.717, 1.165) is 25.7 Å². The standard InChI is InChI=1S/C26H52O/c1-6-7-8-9-10-11-12-13-14-15-16-17-18-25(21-19-23(2)3)26(27)22-20-24(4)5/h23-25H,6-22H2,1-5H3. The molecular weight excluding hydrogens is 328 g/mol. The van der Waals surface area contributed by atoms with Gasteiger partial charge in [-0.3, -0.25) is 4.79 Å². The van der Waals surface area contributed by atoms with Gasteiger partial charge >= 0.3 is 0 Å². The molecule has 162 valence electrons. The number of unbranched alkanes of at least 4 members (excludes halogenated alkanes) is 11. The van der Waals surface area contributed by atoms with E-state index in [9.17, 15) is 4.79 Å². The number of hydrogen-bond donors (Lipinski definition) is 0. The zero-order valence-corrected chi connectivity index (χ0v) is 19.7. The molecule has 0 saturated carbocycles. The van der Waals surface area contributed by atoms with Crippen LogP contribution in [0.5, 0.6) is 0 Å². The largest absolute Gasteiger partial charge is 0.299 e. The summed E-state index contributed by atoms with van der Waals surface area (Å²) in [6.45, 7) is 11.3. The molecule has 1 nitrogen and oxygen atoms in total. The lowest BCUT2D eigenvalue weighted by molar-refractivity contribution is -0.123. The molecule has 27 heavy (non-hydrogen) atoms. The Hall–Kier alpha value is -0.330. The van der Waals surface area contributed by atoms with Gasteiger partial charge in [0.1, 0.15) is 5.78 Å². The molecule has 1 atom stereocenters. The maximum Gasteiger partial charge on any atom is 0.135 e. The van der Waals surface area contributed by atoms with Crippen LogP contribution in [0.25, 0.3) is 0 Å². The van der Waals surface area contributed by atoms with Gasteiger partial charge in [0.15, 0.2) is 0 Å². The first-order chi connectivity index (χ1) is 13.0. The van der Waals surface area contributed by atoms with Crippen molar-refractivity contribution in [2.75, 3.05) is 0 Å². The summed E-state index contributed by atoms with van der Waals surface area (Å²) in [5.41, 5.74) is 0. The molecule has 1 unspecified atom stereocenters. The van der Waals surface area contributed by atoms with E-state index in [4.69, 9.17) is 0 Å². The SMILES string of the molecule is CCCCCCCCCCCCCCC(CCC(C)C)C(=O)CCC(C)C.